The van der Waals surface area contributed by atoms with Crippen LogP contribution in [0.15, 0.2) is 97.1 Å². The maximum absolute atomic E-state index is 12.4. The van der Waals surface area contributed by atoms with Crippen LogP contribution in [0.4, 0.5) is 0 Å². The number of fused-ring (bicyclic) bond motifs is 4. The summed E-state index contributed by atoms with van der Waals surface area (Å²) in [5.41, 5.74) is 1.09. The zero-order valence-corrected chi connectivity index (χ0v) is 23.6. The molecule has 0 spiro atoms. The SMILES string of the molecule is O=C(COc1ccc(OCc2ccc(-[s+]3c4ccccc4c4ccccc43)cc2)cc1)OC1C2CC3C(=O)OC1C3C2. The predicted molar refractivity (Wildman–Crippen MR) is 161 cm³/mol. The third kappa shape index (κ3) is 4.31. The Morgan fingerprint density at radius 3 is 2.12 bits per heavy atom. The van der Waals surface area contributed by atoms with Gasteiger partial charge in [0.1, 0.15) is 30.3 Å². The Bertz CT molecular complexity index is 1750. The lowest BCUT2D eigenvalue weighted by molar-refractivity contribution is -0.163. The van der Waals surface area contributed by atoms with Crippen molar-refractivity contribution in [3.63, 3.8) is 0 Å². The molecule has 4 aromatic carbocycles. The minimum absolute atomic E-state index is 0.0000932. The van der Waals surface area contributed by atoms with Gasteiger partial charge in [0.15, 0.2) is 20.9 Å². The second-order valence-corrected chi connectivity index (χ2v) is 13.3. The van der Waals surface area contributed by atoms with Gasteiger partial charge in [0.25, 0.3) is 0 Å². The van der Waals surface area contributed by atoms with Gasteiger partial charge in [0.2, 0.25) is 0 Å². The number of carbonyl (C=O) groups is 2. The van der Waals surface area contributed by atoms with Crippen LogP contribution in [0.5, 0.6) is 11.5 Å². The van der Waals surface area contributed by atoms with Crippen LogP contribution in [0.2, 0.25) is 0 Å². The maximum atomic E-state index is 12.4. The fourth-order valence-electron chi connectivity index (χ4n) is 7.02. The highest BCUT2D eigenvalue weighted by atomic mass is 32.2. The number of hydrogen-bond acceptors (Lipinski definition) is 6. The Morgan fingerprint density at radius 1 is 0.786 bits per heavy atom. The van der Waals surface area contributed by atoms with Crippen LogP contribution in [0.1, 0.15) is 18.4 Å². The van der Waals surface area contributed by atoms with Crippen molar-refractivity contribution in [2.75, 3.05) is 6.61 Å². The largest absolute Gasteiger partial charge is 0.489 e. The van der Waals surface area contributed by atoms with Crippen LogP contribution < -0.4 is 9.47 Å². The van der Waals surface area contributed by atoms with Gasteiger partial charge in [0, 0.05) is 33.1 Å². The van der Waals surface area contributed by atoms with Crippen LogP contribution in [0.25, 0.3) is 25.1 Å². The fourth-order valence-corrected chi connectivity index (χ4v) is 9.40. The first-order valence-electron chi connectivity index (χ1n) is 14.4. The highest BCUT2D eigenvalue weighted by Crippen LogP contribution is 2.55. The Balaban J connectivity index is 0.867. The second kappa shape index (κ2) is 10.2. The van der Waals surface area contributed by atoms with E-state index in [0.29, 0.717) is 18.1 Å². The number of thiophene rings is 1. The zero-order valence-electron chi connectivity index (χ0n) is 22.8. The molecule has 210 valence electrons. The molecular weight excluding hydrogens is 548 g/mol. The topological polar surface area (TPSA) is 71.1 Å². The molecule has 0 N–H and O–H groups in total. The van der Waals surface area contributed by atoms with E-state index in [9.17, 15) is 9.59 Å². The number of ether oxygens (including phenoxy) is 4. The van der Waals surface area contributed by atoms with E-state index in [2.05, 4.69) is 72.8 Å². The Hall–Kier alpha value is -4.36. The molecule has 0 amide bonds. The van der Waals surface area contributed by atoms with Crippen LogP contribution in [-0.4, -0.2) is 30.8 Å². The van der Waals surface area contributed by atoms with Crippen molar-refractivity contribution in [3.05, 3.63) is 103 Å². The van der Waals surface area contributed by atoms with E-state index in [0.717, 1.165) is 18.4 Å². The van der Waals surface area contributed by atoms with Gasteiger partial charge in [-0.15, -0.1) is 0 Å². The smallest absolute Gasteiger partial charge is 0.344 e. The number of hydrogen-bond donors (Lipinski definition) is 0. The molecule has 5 unspecified atom stereocenters. The second-order valence-electron chi connectivity index (χ2n) is 11.3. The molecule has 7 heteroatoms. The monoisotopic (exact) mass is 577 g/mol. The summed E-state index contributed by atoms with van der Waals surface area (Å²) in [5.74, 6) is 1.11. The van der Waals surface area contributed by atoms with Crippen molar-refractivity contribution in [2.45, 2.75) is 31.7 Å². The summed E-state index contributed by atoms with van der Waals surface area (Å²) in [4.78, 5) is 25.7. The standard InChI is InChI=1S/C35H29O6S/c36-32(40-33-22-17-28-29(18-22)35(37)41-34(28)33)20-39-24-13-11-23(12-14-24)38-19-21-9-15-25(16-10-21)42-30-7-3-1-5-26(30)27-6-2-4-8-31(27)42/h1-16,22,28-29,33-34H,17-20H2/q+1. The average Bonchev–Trinajstić information content (AvgIpc) is 3.75. The van der Waals surface area contributed by atoms with Gasteiger partial charge in [-0.25, -0.2) is 4.79 Å². The molecule has 42 heavy (non-hydrogen) atoms. The molecule has 1 aromatic heterocycles. The van der Waals surface area contributed by atoms with E-state index in [-0.39, 0.29) is 53.0 Å². The van der Waals surface area contributed by atoms with E-state index in [4.69, 9.17) is 18.9 Å². The molecule has 3 fully saturated rings. The minimum Gasteiger partial charge on any atom is -0.489 e. The third-order valence-corrected chi connectivity index (χ3v) is 11.3. The van der Waals surface area contributed by atoms with Crippen molar-refractivity contribution in [1.29, 1.82) is 0 Å². The Kier molecular flexibility index (Phi) is 6.14. The summed E-state index contributed by atoms with van der Waals surface area (Å²) in [7, 11) is -0.109. The summed E-state index contributed by atoms with van der Waals surface area (Å²) in [6, 6.07) is 33.3. The summed E-state index contributed by atoms with van der Waals surface area (Å²) in [5, 5.41) is 2.65. The number of benzene rings is 4. The molecule has 5 aromatic rings. The van der Waals surface area contributed by atoms with Crippen molar-refractivity contribution in [2.24, 2.45) is 17.8 Å². The van der Waals surface area contributed by atoms with Crippen molar-refractivity contribution < 1.29 is 28.5 Å². The summed E-state index contributed by atoms with van der Waals surface area (Å²) in [6.07, 6.45) is 1.03. The van der Waals surface area contributed by atoms with Gasteiger partial charge in [-0.05, 0) is 79.1 Å². The summed E-state index contributed by atoms with van der Waals surface area (Å²) >= 11 is 0. The lowest BCUT2D eigenvalue weighted by atomic mass is 9.88. The Labute approximate surface area is 245 Å². The zero-order chi connectivity index (χ0) is 28.2. The number of carbonyl (C=O) groups excluding carboxylic acids is 2. The molecule has 3 aliphatic rings. The van der Waals surface area contributed by atoms with Crippen molar-refractivity contribution in [1.82, 2.24) is 0 Å². The predicted octanol–water partition coefficient (Wildman–Crippen LogP) is 7.18. The lowest BCUT2D eigenvalue weighted by Gasteiger charge is -2.25. The highest BCUT2D eigenvalue weighted by molar-refractivity contribution is 7.50. The first kappa shape index (κ1) is 25.4. The molecular formula is C35H29O6S+. The van der Waals surface area contributed by atoms with Crippen LogP contribution in [-0.2, 0) is 25.7 Å². The van der Waals surface area contributed by atoms with Gasteiger partial charge in [-0.2, -0.15) is 0 Å². The normalized spacial score (nSPS) is 23.8. The summed E-state index contributed by atoms with van der Waals surface area (Å²) < 4.78 is 25.6. The molecule has 0 radical (unpaired) electrons. The lowest BCUT2D eigenvalue weighted by Crippen LogP contribution is -2.37. The van der Waals surface area contributed by atoms with Gasteiger partial charge in [0.05, 0.1) is 5.92 Å². The van der Waals surface area contributed by atoms with Crippen molar-refractivity contribution >= 4 is 42.6 Å². The fraction of sp³-hybridized carbons (Fsp3) is 0.257. The molecule has 1 saturated heterocycles. The third-order valence-electron chi connectivity index (χ3n) is 8.93. The van der Waals surface area contributed by atoms with E-state index in [1.807, 2.05) is 12.1 Å². The molecule has 2 bridgehead atoms. The van der Waals surface area contributed by atoms with E-state index in [1.165, 1.54) is 25.1 Å². The van der Waals surface area contributed by atoms with Gasteiger partial charge >= 0.3 is 11.9 Å². The highest BCUT2D eigenvalue weighted by Gasteiger charge is 2.63. The molecule has 5 atom stereocenters. The molecule has 1 aliphatic heterocycles. The molecule has 2 saturated carbocycles. The Morgan fingerprint density at radius 2 is 1.43 bits per heavy atom. The van der Waals surface area contributed by atoms with Crippen molar-refractivity contribution in [3.8, 4) is 16.4 Å². The first-order valence-corrected chi connectivity index (χ1v) is 15.6. The van der Waals surface area contributed by atoms with Crippen LogP contribution in [0, 0.1) is 17.8 Å². The molecule has 2 heterocycles. The van der Waals surface area contributed by atoms with Gasteiger partial charge in [-0.3, -0.25) is 4.79 Å². The van der Waals surface area contributed by atoms with Crippen LogP contribution >= 0.6 is 10.5 Å². The molecule has 2 aliphatic carbocycles. The van der Waals surface area contributed by atoms with E-state index < -0.39 is 5.97 Å². The molecule has 6 nitrogen and oxygen atoms in total. The molecule has 8 rings (SSSR count). The minimum atomic E-state index is -0.444. The van der Waals surface area contributed by atoms with Gasteiger partial charge in [-0.1, -0.05) is 36.4 Å². The van der Waals surface area contributed by atoms with Gasteiger partial charge < -0.3 is 18.9 Å². The summed E-state index contributed by atoms with van der Waals surface area (Å²) in [6.45, 7) is 0.255. The quantitative estimate of drug-likeness (QED) is 0.144. The average molecular weight is 578 g/mol. The number of esters is 2. The van der Waals surface area contributed by atoms with E-state index in [1.54, 1.807) is 12.1 Å². The number of rotatable bonds is 8. The van der Waals surface area contributed by atoms with Crippen LogP contribution in [0.3, 0.4) is 0 Å². The first-order chi connectivity index (χ1) is 20.6. The maximum Gasteiger partial charge on any atom is 0.344 e. The van der Waals surface area contributed by atoms with E-state index >= 15 is 0 Å².